The summed E-state index contributed by atoms with van der Waals surface area (Å²) in [5.74, 6) is -0.858. The molecule has 0 aliphatic heterocycles. The van der Waals surface area contributed by atoms with Crippen LogP contribution in [-0.4, -0.2) is 18.9 Å². The van der Waals surface area contributed by atoms with E-state index in [2.05, 4.69) is 4.74 Å². The van der Waals surface area contributed by atoms with Gasteiger partial charge in [-0.1, -0.05) is 35.9 Å². The highest BCUT2D eigenvalue weighted by Gasteiger charge is 2.49. The van der Waals surface area contributed by atoms with Crippen molar-refractivity contribution in [2.75, 3.05) is 7.11 Å². The van der Waals surface area contributed by atoms with E-state index in [0.717, 1.165) is 10.8 Å². The smallest absolute Gasteiger partial charge is 0.309 e. The molecule has 0 heterocycles. The van der Waals surface area contributed by atoms with E-state index in [0.29, 0.717) is 17.0 Å². The highest BCUT2D eigenvalue weighted by atomic mass is 35.5. The average molecular weight is 289 g/mol. The van der Waals surface area contributed by atoms with Crippen molar-refractivity contribution in [3.63, 3.8) is 0 Å². The molecule has 0 aromatic heterocycles. The number of halogens is 1. The van der Waals surface area contributed by atoms with E-state index in [9.17, 15) is 9.59 Å². The first kappa shape index (κ1) is 13.1. The first-order valence-corrected chi connectivity index (χ1v) is 6.80. The molecule has 1 fully saturated rings. The second-order valence-corrected chi connectivity index (χ2v) is 5.38. The monoisotopic (exact) mass is 288 g/mol. The summed E-state index contributed by atoms with van der Waals surface area (Å²) < 4.78 is 4.68. The molecule has 3 rings (SSSR count). The van der Waals surface area contributed by atoms with Crippen LogP contribution < -0.4 is 0 Å². The van der Waals surface area contributed by atoms with E-state index < -0.39 is 0 Å². The first-order chi connectivity index (χ1) is 9.63. The van der Waals surface area contributed by atoms with Gasteiger partial charge in [0, 0.05) is 21.9 Å². The van der Waals surface area contributed by atoms with Gasteiger partial charge in [0.1, 0.15) is 0 Å². The van der Waals surface area contributed by atoms with Gasteiger partial charge in [-0.15, -0.1) is 0 Å². The van der Waals surface area contributed by atoms with Crippen LogP contribution in [0.1, 0.15) is 16.8 Å². The lowest BCUT2D eigenvalue weighted by Crippen LogP contribution is -2.10. The summed E-state index contributed by atoms with van der Waals surface area (Å²) >= 11 is 6.15. The van der Waals surface area contributed by atoms with Crippen LogP contribution in [-0.2, 0) is 9.53 Å². The fourth-order valence-electron chi connectivity index (χ4n) is 2.57. The summed E-state index contributed by atoms with van der Waals surface area (Å²) in [5.41, 5.74) is 0.626. The Bertz CT molecular complexity index is 708. The Morgan fingerprint density at radius 2 is 1.80 bits per heavy atom. The molecule has 4 heteroatoms. The van der Waals surface area contributed by atoms with Gasteiger partial charge in [0.15, 0.2) is 5.78 Å². The third-order valence-electron chi connectivity index (χ3n) is 3.77. The third kappa shape index (κ3) is 2.08. The van der Waals surface area contributed by atoms with Gasteiger partial charge in [0.05, 0.1) is 13.0 Å². The Labute approximate surface area is 121 Å². The van der Waals surface area contributed by atoms with Crippen LogP contribution >= 0.6 is 11.6 Å². The van der Waals surface area contributed by atoms with E-state index in [4.69, 9.17) is 11.6 Å². The Balaban J connectivity index is 1.98. The van der Waals surface area contributed by atoms with Gasteiger partial charge in [-0.25, -0.2) is 0 Å². The largest absolute Gasteiger partial charge is 0.469 e. The zero-order chi connectivity index (χ0) is 14.3. The van der Waals surface area contributed by atoms with Gasteiger partial charge in [0.25, 0.3) is 0 Å². The van der Waals surface area contributed by atoms with Crippen molar-refractivity contribution in [1.82, 2.24) is 0 Å². The van der Waals surface area contributed by atoms with Crippen molar-refractivity contribution < 1.29 is 14.3 Å². The second-order valence-electron chi connectivity index (χ2n) is 4.98. The molecule has 2 aromatic rings. The van der Waals surface area contributed by atoms with Crippen LogP contribution in [0.2, 0.25) is 5.02 Å². The number of rotatable bonds is 3. The Morgan fingerprint density at radius 1 is 1.10 bits per heavy atom. The normalized spacial score (nSPS) is 20.7. The summed E-state index contributed by atoms with van der Waals surface area (Å²) in [5, 5.41) is 2.31. The molecule has 3 nitrogen and oxygen atoms in total. The molecule has 2 aromatic carbocycles. The number of carbonyl (C=O) groups is 2. The molecule has 0 spiro atoms. The molecule has 2 atom stereocenters. The number of fused-ring (bicyclic) bond motifs is 1. The summed E-state index contributed by atoms with van der Waals surface area (Å²) in [7, 11) is 1.35. The Kier molecular flexibility index (Phi) is 3.22. The minimum atomic E-state index is -0.304. The van der Waals surface area contributed by atoms with Crippen LogP contribution in [0.3, 0.4) is 0 Å². The van der Waals surface area contributed by atoms with Crippen LogP contribution in [0, 0.1) is 11.8 Å². The highest BCUT2D eigenvalue weighted by molar-refractivity contribution is 6.36. The van der Waals surface area contributed by atoms with Crippen molar-refractivity contribution in [3.8, 4) is 0 Å². The number of ketones is 1. The van der Waals surface area contributed by atoms with E-state index in [1.165, 1.54) is 7.11 Å². The van der Waals surface area contributed by atoms with Gasteiger partial charge < -0.3 is 4.74 Å². The topological polar surface area (TPSA) is 43.4 Å². The predicted octanol–water partition coefficient (Wildman–Crippen LogP) is 3.49. The van der Waals surface area contributed by atoms with Crippen LogP contribution in [0.5, 0.6) is 0 Å². The average Bonchev–Trinajstić information content (AvgIpc) is 3.27. The molecule has 1 aliphatic rings. The highest BCUT2D eigenvalue weighted by Crippen LogP contribution is 2.43. The number of benzene rings is 2. The molecule has 1 saturated carbocycles. The standard InChI is InChI=1S/C16H13ClO3/c1-20-16(19)13-8-12(13)15(18)11-6-7-14(17)10-5-3-2-4-9(10)11/h2-7,12-13H,8H2,1H3. The SMILES string of the molecule is COC(=O)C1CC1C(=O)c1ccc(Cl)c2ccccc12. The fraction of sp³-hybridized carbons (Fsp3) is 0.250. The van der Waals surface area contributed by atoms with Crippen molar-refractivity contribution in [2.45, 2.75) is 6.42 Å². The minimum Gasteiger partial charge on any atom is -0.469 e. The molecular weight excluding hydrogens is 276 g/mol. The van der Waals surface area contributed by atoms with Gasteiger partial charge in [-0.2, -0.15) is 0 Å². The predicted molar refractivity (Wildman–Crippen MR) is 76.9 cm³/mol. The zero-order valence-corrected chi connectivity index (χ0v) is 11.7. The van der Waals surface area contributed by atoms with E-state index in [1.54, 1.807) is 12.1 Å². The molecule has 102 valence electrons. The molecule has 0 N–H and O–H groups in total. The Morgan fingerprint density at radius 3 is 2.50 bits per heavy atom. The van der Waals surface area contributed by atoms with Crippen molar-refractivity contribution in [3.05, 3.63) is 47.0 Å². The second kappa shape index (κ2) is 4.91. The lowest BCUT2D eigenvalue weighted by Gasteiger charge is -2.07. The number of Topliss-reactive ketones (excluding diaryl/α,β-unsaturated/α-hetero) is 1. The summed E-state index contributed by atoms with van der Waals surface area (Å²) in [6.45, 7) is 0. The lowest BCUT2D eigenvalue weighted by atomic mass is 9.98. The summed E-state index contributed by atoms with van der Waals surface area (Å²) in [6.07, 6.45) is 0.572. The number of esters is 1. The van der Waals surface area contributed by atoms with Crippen molar-refractivity contribution in [2.24, 2.45) is 11.8 Å². The lowest BCUT2D eigenvalue weighted by molar-refractivity contribution is -0.142. The quantitative estimate of drug-likeness (QED) is 0.641. The van der Waals surface area contributed by atoms with Gasteiger partial charge in [-0.05, 0) is 23.9 Å². The molecule has 20 heavy (non-hydrogen) atoms. The van der Waals surface area contributed by atoms with E-state index in [-0.39, 0.29) is 23.6 Å². The molecular formula is C16H13ClO3. The van der Waals surface area contributed by atoms with Crippen LogP contribution in [0.15, 0.2) is 36.4 Å². The maximum atomic E-state index is 12.5. The van der Waals surface area contributed by atoms with Gasteiger partial charge in [0.2, 0.25) is 0 Å². The van der Waals surface area contributed by atoms with Gasteiger partial charge >= 0.3 is 5.97 Å². The third-order valence-corrected chi connectivity index (χ3v) is 4.10. The van der Waals surface area contributed by atoms with Gasteiger partial charge in [-0.3, -0.25) is 9.59 Å². The molecule has 0 saturated heterocycles. The van der Waals surface area contributed by atoms with Crippen LogP contribution in [0.4, 0.5) is 0 Å². The summed E-state index contributed by atoms with van der Waals surface area (Å²) in [4.78, 5) is 24.0. The first-order valence-electron chi connectivity index (χ1n) is 6.42. The number of hydrogen-bond acceptors (Lipinski definition) is 3. The van der Waals surface area contributed by atoms with Crippen LogP contribution in [0.25, 0.3) is 10.8 Å². The molecule has 2 unspecified atom stereocenters. The molecule has 0 radical (unpaired) electrons. The minimum absolute atomic E-state index is 0.00623. The molecule has 0 bridgehead atoms. The number of carbonyl (C=O) groups excluding carboxylic acids is 2. The fourth-order valence-corrected chi connectivity index (χ4v) is 2.80. The van der Waals surface area contributed by atoms with E-state index in [1.807, 2.05) is 24.3 Å². The summed E-state index contributed by atoms with van der Waals surface area (Å²) in [6, 6.07) is 11.0. The van der Waals surface area contributed by atoms with Crippen molar-refractivity contribution in [1.29, 1.82) is 0 Å². The number of ether oxygens (including phenoxy) is 1. The Hall–Kier alpha value is -1.87. The zero-order valence-electron chi connectivity index (χ0n) is 10.9. The number of hydrogen-bond donors (Lipinski definition) is 0. The van der Waals surface area contributed by atoms with E-state index >= 15 is 0 Å². The number of methoxy groups -OCH3 is 1. The molecule has 0 amide bonds. The molecule has 1 aliphatic carbocycles. The van der Waals surface area contributed by atoms with Crippen molar-refractivity contribution >= 4 is 34.1 Å². The maximum absolute atomic E-state index is 12.5. The maximum Gasteiger partial charge on any atom is 0.309 e.